The molecule has 0 aromatic heterocycles. The topological polar surface area (TPSA) is 40.1 Å². The summed E-state index contributed by atoms with van der Waals surface area (Å²) in [7, 11) is 1.84. The van der Waals surface area contributed by atoms with E-state index in [-0.39, 0.29) is 35.8 Å². The zero-order chi connectivity index (χ0) is 16.8. The minimum absolute atomic E-state index is 0. The highest BCUT2D eigenvalue weighted by Crippen LogP contribution is 2.22. The molecule has 140 valence electrons. The van der Waals surface area contributed by atoms with E-state index in [1.807, 2.05) is 19.2 Å². The smallest absolute Gasteiger partial charge is 0.193 e. The first-order valence-electron chi connectivity index (χ1n) is 8.81. The molecular formula is C18H28FIN4O. The number of guanidine groups is 1. The van der Waals surface area contributed by atoms with Crippen LogP contribution in [0.2, 0.25) is 0 Å². The number of rotatable bonds is 4. The van der Waals surface area contributed by atoms with Crippen molar-refractivity contribution < 1.29 is 9.13 Å². The van der Waals surface area contributed by atoms with Crippen molar-refractivity contribution in [1.29, 1.82) is 0 Å². The minimum atomic E-state index is -0.194. The second-order valence-electron chi connectivity index (χ2n) is 6.34. The molecule has 2 fully saturated rings. The van der Waals surface area contributed by atoms with Gasteiger partial charge in [-0.25, -0.2) is 4.39 Å². The van der Waals surface area contributed by atoms with E-state index in [0.717, 1.165) is 57.5 Å². The third kappa shape index (κ3) is 5.52. The predicted octanol–water partition coefficient (Wildman–Crippen LogP) is 2.49. The summed E-state index contributed by atoms with van der Waals surface area (Å²) in [5, 5.41) is 3.52. The van der Waals surface area contributed by atoms with Gasteiger partial charge in [0, 0.05) is 39.8 Å². The lowest BCUT2D eigenvalue weighted by Crippen LogP contribution is -2.47. The maximum atomic E-state index is 13.3. The molecule has 2 aliphatic rings. The van der Waals surface area contributed by atoms with Gasteiger partial charge < -0.3 is 15.0 Å². The van der Waals surface area contributed by atoms with Crippen molar-refractivity contribution in [3.63, 3.8) is 0 Å². The van der Waals surface area contributed by atoms with Crippen LogP contribution in [0, 0.1) is 5.82 Å². The van der Waals surface area contributed by atoms with E-state index < -0.39 is 0 Å². The van der Waals surface area contributed by atoms with Crippen LogP contribution in [-0.4, -0.2) is 68.7 Å². The minimum Gasteiger partial charge on any atom is -0.379 e. The van der Waals surface area contributed by atoms with E-state index in [1.165, 1.54) is 25.0 Å². The second-order valence-corrected chi connectivity index (χ2v) is 6.34. The number of nitrogens with one attached hydrogen (secondary N) is 1. The summed E-state index contributed by atoms with van der Waals surface area (Å²) in [5.74, 6) is 0.771. The number of halogens is 2. The lowest BCUT2D eigenvalue weighted by atomic mass is 10.0. The summed E-state index contributed by atoms with van der Waals surface area (Å²) >= 11 is 0. The van der Waals surface area contributed by atoms with Crippen molar-refractivity contribution >= 4 is 29.9 Å². The number of nitrogens with zero attached hydrogens (tertiary/aromatic N) is 3. The number of hydrogen-bond acceptors (Lipinski definition) is 3. The first kappa shape index (κ1) is 20.4. The van der Waals surface area contributed by atoms with Gasteiger partial charge >= 0.3 is 0 Å². The molecular weight excluding hydrogens is 434 g/mol. The van der Waals surface area contributed by atoms with E-state index in [0.29, 0.717) is 0 Å². The third-order valence-corrected chi connectivity index (χ3v) is 4.81. The van der Waals surface area contributed by atoms with E-state index in [4.69, 9.17) is 4.74 Å². The average Bonchev–Trinajstić information content (AvgIpc) is 3.15. The van der Waals surface area contributed by atoms with Gasteiger partial charge in [0.25, 0.3) is 0 Å². The summed E-state index contributed by atoms with van der Waals surface area (Å²) in [6.45, 7) is 6.18. The maximum absolute atomic E-state index is 13.3. The van der Waals surface area contributed by atoms with Crippen LogP contribution in [0.1, 0.15) is 24.4 Å². The van der Waals surface area contributed by atoms with Gasteiger partial charge in [0.15, 0.2) is 5.96 Å². The molecule has 1 N–H and O–H groups in total. The highest BCUT2D eigenvalue weighted by atomic mass is 127. The first-order chi connectivity index (χ1) is 11.8. The van der Waals surface area contributed by atoms with E-state index in [2.05, 4.69) is 20.1 Å². The Balaban J connectivity index is 0.00000225. The van der Waals surface area contributed by atoms with Crippen molar-refractivity contribution in [3.8, 4) is 0 Å². The molecule has 7 heteroatoms. The maximum Gasteiger partial charge on any atom is 0.193 e. The molecule has 1 aromatic carbocycles. The Bertz CT molecular complexity index is 543. The summed E-state index contributed by atoms with van der Waals surface area (Å²) < 4.78 is 18.8. The van der Waals surface area contributed by atoms with Crippen LogP contribution in [0.5, 0.6) is 0 Å². The fourth-order valence-corrected chi connectivity index (χ4v) is 3.48. The van der Waals surface area contributed by atoms with E-state index >= 15 is 0 Å². The van der Waals surface area contributed by atoms with Crippen LogP contribution in [0.15, 0.2) is 29.3 Å². The molecule has 0 aliphatic carbocycles. The standard InChI is InChI=1S/C18H27FN4O.HI/c1-20-18(23-8-2-3-9-23)21-14-17(22-10-12-24-13-11-22)15-4-6-16(19)7-5-15;/h4-7,17H,2-3,8-14H2,1H3,(H,20,21);1H. The number of aliphatic imine (C=N–C) groups is 1. The summed E-state index contributed by atoms with van der Waals surface area (Å²) in [4.78, 5) is 9.13. The number of benzene rings is 1. The van der Waals surface area contributed by atoms with Gasteiger partial charge in [-0.05, 0) is 30.5 Å². The summed E-state index contributed by atoms with van der Waals surface area (Å²) in [6, 6.07) is 7.04. The van der Waals surface area contributed by atoms with E-state index in [1.54, 1.807) is 0 Å². The number of likely N-dealkylation sites (tertiary alicyclic amines) is 1. The van der Waals surface area contributed by atoms with Gasteiger partial charge in [-0.2, -0.15) is 0 Å². The van der Waals surface area contributed by atoms with Gasteiger partial charge in [-0.15, -0.1) is 24.0 Å². The quantitative estimate of drug-likeness (QED) is 0.424. The largest absolute Gasteiger partial charge is 0.379 e. The molecule has 0 bridgehead atoms. The fraction of sp³-hybridized carbons (Fsp3) is 0.611. The molecule has 0 amide bonds. The van der Waals surface area contributed by atoms with Crippen molar-refractivity contribution in [2.24, 2.45) is 4.99 Å². The summed E-state index contributed by atoms with van der Waals surface area (Å²) in [5.41, 5.74) is 1.13. The molecule has 5 nitrogen and oxygen atoms in total. The monoisotopic (exact) mass is 462 g/mol. The van der Waals surface area contributed by atoms with Crippen molar-refractivity contribution in [1.82, 2.24) is 15.1 Å². The number of hydrogen-bond donors (Lipinski definition) is 1. The Labute approximate surface area is 166 Å². The second kappa shape index (κ2) is 10.3. The average molecular weight is 462 g/mol. The van der Waals surface area contributed by atoms with Crippen molar-refractivity contribution in [2.75, 3.05) is 53.0 Å². The van der Waals surface area contributed by atoms with Gasteiger partial charge in [0.05, 0.1) is 19.3 Å². The zero-order valence-electron chi connectivity index (χ0n) is 14.8. The van der Waals surface area contributed by atoms with Crippen molar-refractivity contribution in [2.45, 2.75) is 18.9 Å². The molecule has 1 aromatic rings. The normalized spacial score (nSPS) is 20.2. The number of morpholine rings is 1. The van der Waals surface area contributed by atoms with Crippen LogP contribution >= 0.6 is 24.0 Å². The Kier molecular flexibility index (Phi) is 8.38. The molecule has 3 rings (SSSR count). The summed E-state index contributed by atoms with van der Waals surface area (Å²) in [6.07, 6.45) is 2.46. The molecule has 1 unspecified atom stereocenters. The fourth-order valence-electron chi connectivity index (χ4n) is 3.48. The molecule has 0 saturated carbocycles. The van der Waals surface area contributed by atoms with Crippen LogP contribution in [0.3, 0.4) is 0 Å². The molecule has 0 radical (unpaired) electrons. The zero-order valence-corrected chi connectivity index (χ0v) is 17.1. The van der Waals surface area contributed by atoms with Crippen LogP contribution in [-0.2, 0) is 4.74 Å². The molecule has 0 spiro atoms. The van der Waals surface area contributed by atoms with Crippen LogP contribution in [0.4, 0.5) is 4.39 Å². The Morgan fingerprint density at radius 2 is 1.80 bits per heavy atom. The molecule has 2 aliphatic heterocycles. The van der Waals surface area contributed by atoms with Gasteiger partial charge in [-0.1, -0.05) is 12.1 Å². The lowest BCUT2D eigenvalue weighted by Gasteiger charge is -2.35. The van der Waals surface area contributed by atoms with Crippen LogP contribution in [0.25, 0.3) is 0 Å². The van der Waals surface area contributed by atoms with Gasteiger partial charge in [-0.3, -0.25) is 9.89 Å². The van der Waals surface area contributed by atoms with Crippen LogP contribution < -0.4 is 5.32 Å². The van der Waals surface area contributed by atoms with Crippen molar-refractivity contribution in [3.05, 3.63) is 35.6 Å². The Morgan fingerprint density at radius 3 is 2.40 bits per heavy atom. The highest BCUT2D eigenvalue weighted by molar-refractivity contribution is 14.0. The third-order valence-electron chi connectivity index (χ3n) is 4.81. The van der Waals surface area contributed by atoms with E-state index in [9.17, 15) is 4.39 Å². The lowest BCUT2D eigenvalue weighted by molar-refractivity contribution is 0.0169. The molecule has 1 atom stereocenters. The van der Waals surface area contributed by atoms with Gasteiger partial charge in [0.1, 0.15) is 5.82 Å². The molecule has 2 saturated heterocycles. The SMILES string of the molecule is CN=C(NCC(c1ccc(F)cc1)N1CCOCC1)N1CCCC1.I. The number of ether oxygens (including phenoxy) is 1. The highest BCUT2D eigenvalue weighted by Gasteiger charge is 2.24. The van der Waals surface area contributed by atoms with Gasteiger partial charge in [0.2, 0.25) is 0 Å². The Hall–Kier alpha value is -0.930. The Morgan fingerprint density at radius 1 is 1.16 bits per heavy atom. The molecule has 2 heterocycles. The molecule has 25 heavy (non-hydrogen) atoms. The first-order valence-corrected chi connectivity index (χ1v) is 8.81. The predicted molar refractivity (Wildman–Crippen MR) is 109 cm³/mol.